The lowest BCUT2D eigenvalue weighted by Crippen LogP contribution is -2.25. The fraction of sp³-hybridized carbons (Fsp3) is 0.296. The van der Waals surface area contributed by atoms with Crippen molar-refractivity contribution >= 4 is 29.9 Å². The van der Waals surface area contributed by atoms with Gasteiger partial charge in [-0.1, -0.05) is 56.3 Å². The number of aliphatic imine (C=N–C) groups is 1. The Balaban J connectivity index is 0.00000187. The van der Waals surface area contributed by atoms with E-state index in [1.54, 1.807) is 17.8 Å². The van der Waals surface area contributed by atoms with E-state index in [1.807, 2.05) is 75.5 Å². The van der Waals surface area contributed by atoms with E-state index in [9.17, 15) is 4.39 Å². The van der Waals surface area contributed by atoms with Gasteiger partial charge in [0.1, 0.15) is 12.4 Å². The first-order valence-corrected chi connectivity index (χ1v) is 12.0. The van der Waals surface area contributed by atoms with Crippen molar-refractivity contribution in [3.63, 3.8) is 0 Å². The van der Waals surface area contributed by atoms with E-state index in [4.69, 9.17) is 9.47 Å². The van der Waals surface area contributed by atoms with Crippen LogP contribution in [-0.2, 0) is 17.1 Å². The van der Waals surface area contributed by atoms with Crippen LogP contribution in [0.4, 0.5) is 15.8 Å². The first-order chi connectivity index (χ1) is 16.2. The van der Waals surface area contributed by atoms with Gasteiger partial charge in [0.2, 0.25) is 0 Å². The second-order valence-corrected chi connectivity index (χ2v) is 7.94. The summed E-state index contributed by atoms with van der Waals surface area (Å²) >= 11 is 1.64. The molecule has 0 bridgehead atoms. The molecule has 0 aliphatic carbocycles. The van der Waals surface area contributed by atoms with Crippen LogP contribution < -0.4 is 10.1 Å². The molecule has 4 nitrogen and oxygen atoms in total. The maximum atomic E-state index is 13.5. The quantitative estimate of drug-likeness (QED) is 0.223. The van der Waals surface area contributed by atoms with E-state index in [1.165, 1.54) is 5.56 Å². The Morgan fingerprint density at radius 1 is 1.00 bits per heavy atom. The molecule has 0 amide bonds. The Bertz CT molecular complexity index is 952. The molecule has 3 aromatic rings. The number of hydrogen-bond donors (Lipinski definition) is 1. The number of nitrogens with one attached hydrogen (secondary N) is 1. The monoisotopic (exact) mass is 468 g/mol. The van der Waals surface area contributed by atoms with Crippen LogP contribution in [-0.4, -0.2) is 33.2 Å². The molecule has 3 aromatic carbocycles. The van der Waals surface area contributed by atoms with Gasteiger partial charge in [0.05, 0.1) is 18.9 Å². The first-order valence-electron chi connectivity index (χ1n) is 11.1. The average molecular weight is 469 g/mol. The molecular weight excluding hydrogens is 435 g/mol. The van der Waals surface area contributed by atoms with Crippen molar-refractivity contribution in [2.75, 3.05) is 25.6 Å². The van der Waals surface area contributed by atoms with Crippen LogP contribution in [0.25, 0.3) is 0 Å². The van der Waals surface area contributed by atoms with Gasteiger partial charge < -0.3 is 14.8 Å². The van der Waals surface area contributed by atoms with Gasteiger partial charge in [0.25, 0.3) is 0 Å². The first kappa shape index (κ1) is 26.4. The van der Waals surface area contributed by atoms with Crippen molar-refractivity contribution in [1.82, 2.24) is 0 Å². The molecule has 0 spiro atoms. The minimum atomic E-state index is -0.668. The molecule has 3 rings (SSSR count). The number of ether oxygens (including phenoxy) is 2. The zero-order valence-electron chi connectivity index (χ0n) is 19.6. The zero-order chi connectivity index (χ0) is 23.9. The minimum absolute atomic E-state index is 0.174. The third kappa shape index (κ3) is 8.91. The number of anilines is 1. The molecule has 0 aliphatic heterocycles. The van der Waals surface area contributed by atoms with Crippen molar-refractivity contribution < 1.29 is 13.9 Å². The number of halogens is 1. The molecule has 1 atom stereocenters. The molecule has 1 unspecified atom stereocenters. The fourth-order valence-corrected chi connectivity index (χ4v) is 3.92. The average Bonchev–Trinajstić information content (AvgIpc) is 2.89. The third-order valence-electron chi connectivity index (χ3n) is 4.63. The van der Waals surface area contributed by atoms with E-state index in [0.29, 0.717) is 12.4 Å². The highest BCUT2D eigenvalue weighted by Gasteiger charge is 2.13. The molecule has 0 saturated carbocycles. The zero-order valence-corrected chi connectivity index (χ0v) is 20.4. The Hall–Kier alpha value is -2.83. The molecule has 33 heavy (non-hydrogen) atoms. The van der Waals surface area contributed by atoms with Crippen molar-refractivity contribution in [2.45, 2.75) is 37.2 Å². The minimum Gasteiger partial charge on any atom is -0.485 e. The Labute approximate surface area is 201 Å². The van der Waals surface area contributed by atoms with Crippen molar-refractivity contribution in [3.8, 4) is 5.75 Å². The lowest BCUT2D eigenvalue weighted by molar-refractivity contribution is 0.0296. The molecule has 0 aromatic heterocycles. The SMILES string of the molecule is C=Nc1ccc(OC(CF)COCc2ccccc2)cc1SCc1ccc(NC)cc1.CC. The summed E-state index contributed by atoms with van der Waals surface area (Å²) in [6, 6.07) is 23.6. The van der Waals surface area contributed by atoms with Crippen molar-refractivity contribution in [1.29, 1.82) is 0 Å². The van der Waals surface area contributed by atoms with E-state index in [0.717, 1.165) is 27.6 Å². The predicted octanol–water partition coefficient (Wildman–Crippen LogP) is 7.31. The smallest absolute Gasteiger partial charge is 0.150 e. The normalized spacial score (nSPS) is 11.2. The lowest BCUT2D eigenvalue weighted by Gasteiger charge is -2.17. The molecule has 0 fully saturated rings. The van der Waals surface area contributed by atoms with Gasteiger partial charge in [-0.25, -0.2) is 4.39 Å². The number of hydrogen-bond acceptors (Lipinski definition) is 5. The summed E-state index contributed by atoms with van der Waals surface area (Å²) in [5.41, 5.74) is 4.09. The van der Waals surface area contributed by atoms with E-state index < -0.39 is 12.8 Å². The Morgan fingerprint density at radius 3 is 2.36 bits per heavy atom. The second-order valence-electron chi connectivity index (χ2n) is 6.92. The topological polar surface area (TPSA) is 42.9 Å². The van der Waals surface area contributed by atoms with Crippen LogP contribution >= 0.6 is 11.8 Å². The van der Waals surface area contributed by atoms with E-state index >= 15 is 0 Å². The van der Waals surface area contributed by atoms with Crippen LogP contribution in [0.5, 0.6) is 5.75 Å². The third-order valence-corrected chi connectivity index (χ3v) is 5.74. The molecule has 0 radical (unpaired) electrons. The summed E-state index contributed by atoms with van der Waals surface area (Å²) in [5, 5.41) is 3.11. The van der Waals surface area contributed by atoms with E-state index in [2.05, 4.69) is 29.2 Å². The second kappa shape index (κ2) is 15.1. The van der Waals surface area contributed by atoms with Crippen LogP contribution in [0.3, 0.4) is 0 Å². The summed E-state index contributed by atoms with van der Waals surface area (Å²) in [6.07, 6.45) is -0.668. The largest absolute Gasteiger partial charge is 0.485 e. The molecule has 6 heteroatoms. The number of thioether (sulfide) groups is 1. The highest BCUT2D eigenvalue weighted by atomic mass is 32.2. The molecular formula is C27H33FN2O2S. The molecule has 0 aliphatic rings. The summed E-state index contributed by atoms with van der Waals surface area (Å²) in [7, 11) is 1.90. The van der Waals surface area contributed by atoms with Gasteiger partial charge >= 0.3 is 0 Å². The maximum Gasteiger partial charge on any atom is 0.150 e. The highest BCUT2D eigenvalue weighted by Crippen LogP contribution is 2.35. The number of alkyl halides is 1. The standard InChI is InChI=1S/C25H27FN2O2S.C2H6/c1-27-21-10-8-20(9-11-21)18-31-25-14-22(12-13-24(25)28-2)30-23(15-26)17-29-16-19-6-4-3-5-7-19;1-2/h3-14,23,27H,2,15-18H2,1H3;1-2H3. The fourth-order valence-electron chi connectivity index (χ4n) is 2.93. The predicted molar refractivity (Wildman–Crippen MR) is 139 cm³/mol. The Morgan fingerprint density at radius 2 is 1.73 bits per heavy atom. The van der Waals surface area contributed by atoms with Gasteiger partial charge in [-0.2, -0.15) is 0 Å². The van der Waals surface area contributed by atoms with E-state index in [-0.39, 0.29) is 6.61 Å². The summed E-state index contributed by atoms with van der Waals surface area (Å²) in [6.45, 7) is 7.62. The van der Waals surface area contributed by atoms with Gasteiger partial charge in [0, 0.05) is 23.4 Å². The molecule has 1 N–H and O–H groups in total. The van der Waals surface area contributed by atoms with Crippen LogP contribution in [0, 0.1) is 0 Å². The highest BCUT2D eigenvalue weighted by molar-refractivity contribution is 7.98. The number of nitrogens with zero attached hydrogens (tertiary/aromatic N) is 1. The molecule has 0 saturated heterocycles. The van der Waals surface area contributed by atoms with Crippen LogP contribution in [0.1, 0.15) is 25.0 Å². The van der Waals surface area contributed by atoms with Gasteiger partial charge in [-0.15, -0.1) is 11.8 Å². The van der Waals surface area contributed by atoms with Crippen molar-refractivity contribution in [3.05, 3.63) is 83.9 Å². The summed E-state index contributed by atoms with van der Waals surface area (Å²) < 4.78 is 25.0. The lowest BCUT2D eigenvalue weighted by atomic mass is 10.2. The molecule has 176 valence electrons. The maximum absolute atomic E-state index is 13.5. The van der Waals surface area contributed by atoms with Crippen LogP contribution in [0.15, 0.2) is 82.7 Å². The Kier molecular flexibility index (Phi) is 12.1. The van der Waals surface area contributed by atoms with Gasteiger partial charge in [-0.3, -0.25) is 4.99 Å². The summed E-state index contributed by atoms with van der Waals surface area (Å²) in [4.78, 5) is 5.04. The van der Waals surface area contributed by atoms with Crippen molar-refractivity contribution in [2.24, 2.45) is 4.99 Å². The number of benzene rings is 3. The molecule has 0 heterocycles. The van der Waals surface area contributed by atoms with Gasteiger partial charge in [-0.05, 0) is 48.2 Å². The number of rotatable bonds is 12. The van der Waals surface area contributed by atoms with Crippen LogP contribution in [0.2, 0.25) is 0 Å². The van der Waals surface area contributed by atoms with Gasteiger partial charge in [0.15, 0.2) is 6.10 Å². The summed E-state index contributed by atoms with van der Waals surface area (Å²) in [5.74, 6) is 1.37.